The number of rotatable bonds is 7. The zero-order valence-electron chi connectivity index (χ0n) is 19.1. The molecular weight excluding hydrogens is 398 g/mol. The summed E-state index contributed by atoms with van der Waals surface area (Å²) in [5.41, 5.74) is 2.03. The fraction of sp³-hybridized carbons (Fsp3) is 0.708. The van der Waals surface area contributed by atoms with Crippen molar-refractivity contribution in [1.82, 2.24) is 15.1 Å². The number of carbonyl (C=O) groups excluding carboxylic acids is 1. The number of likely N-dealkylation sites (N-methyl/N-ethyl adjacent to an activating group) is 1. The number of piperazine rings is 1. The van der Waals surface area contributed by atoms with Crippen molar-refractivity contribution in [2.24, 2.45) is 0 Å². The van der Waals surface area contributed by atoms with E-state index in [0.717, 1.165) is 48.9 Å². The number of amides is 1. The minimum Gasteiger partial charge on any atom is -0.481 e. The van der Waals surface area contributed by atoms with Gasteiger partial charge in [0, 0.05) is 43.3 Å². The fourth-order valence-electron chi connectivity index (χ4n) is 4.98. The summed E-state index contributed by atoms with van der Waals surface area (Å²) in [6.07, 6.45) is 5.61. The summed E-state index contributed by atoms with van der Waals surface area (Å²) < 4.78 is 5.95. The molecule has 2 aliphatic rings. The number of ether oxygens (including phenoxy) is 1. The van der Waals surface area contributed by atoms with Gasteiger partial charge in [-0.25, -0.2) is 0 Å². The first-order valence-corrected chi connectivity index (χ1v) is 11.9. The van der Waals surface area contributed by atoms with Crippen LogP contribution >= 0.6 is 11.6 Å². The second-order valence-corrected chi connectivity index (χ2v) is 9.43. The Labute approximate surface area is 187 Å². The molecule has 2 fully saturated rings. The quantitative estimate of drug-likeness (QED) is 0.697. The lowest BCUT2D eigenvalue weighted by Gasteiger charge is -2.50. The highest BCUT2D eigenvalue weighted by Gasteiger charge is 2.39. The molecule has 168 valence electrons. The summed E-state index contributed by atoms with van der Waals surface area (Å²) in [7, 11) is 0. The topological polar surface area (TPSA) is 44.8 Å². The molecule has 0 unspecified atom stereocenters. The Hall–Kier alpha value is -1.30. The van der Waals surface area contributed by atoms with Crippen molar-refractivity contribution in [3.63, 3.8) is 0 Å². The zero-order valence-corrected chi connectivity index (χ0v) is 19.9. The SMILES string of the molecule is CCN1CCN(C2(CNC(=O)[C@H](C)Oc3cc(C)c(Cl)c(C)c3)CCCCC2)CC1. The van der Waals surface area contributed by atoms with Crippen LogP contribution in [0.15, 0.2) is 12.1 Å². The van der Waals surface area contributed by atoms with E-state index in [1.54, 1.807) is 0 Å². The van der Waals surface area contributed by atoms with Crippen molar-refractivity contribution in [2.75, 3.05) is 39.3 Å². The minimum atomic E-state index is -0.539. The van der Waals surface area contributed by atoms with Crippen molar-refractivity contribution in [2.45, 2.75) is 71.4 Å². The summed E-state index contributed by atoms with van der Waals surface area (Å²) in [5, 5.41) is 3.98. The Morgan fingerprint density at radius 2 is 1.73 bits per heavy atom. The summed E-state index contributed by atoms with van der Waals surface area (Å²) in [6, 6.07) is 3.80. The van der Waals surface area contributed by atoms with E-state index in [9.17, 15) is 4.79 Å². The molecule has 6 heteroatoms. The molecule has 1 heterocycles. The first-order chi connectivity index (χ1) is 14.3. The number of aryl methyl sites for hydroxylation is 2. The van der Waals surface area contributed by atoms with Gasteiger partial charge in [0.2, 0.25) is 0 Å². The average Bonchev–Trinajstić information content (AvgIpc) is 2.76. The molecule has 5 nitrogen and oxygen atoms in total. The van der Waals surface area contributed by atoms with E-state index in [0.29, 0.717) is 12.3 Å². The maximum absolute atomic E-state index is 12.9. The van der Waals surface area contributed by atoms with Gasteiger partial charge in [-0.3, -0.25) is 9.69 Å². The number of hydrogen-bond donors (Lipinski definition) is 1. The van der Waals surface area contributed by atoms with E-state index >= 15 is 0 Å². The van der Waals surface area contributed by atoms with E-state index in [2.05, 4.69) is 22.0 Å². The summed E-state index contributed by atoms with van der Waals surface area (Å²) in [6.45, 7) is 14.2. The first-order valence-electron chi connectivity index (χ1n) is 11.5. The molecule has 1 aromatic carbocycles. The highest BCUT2D eigenvalue weighted by atomic mass is 35.5. The number of nitrogens with one attached hydrogen (secondary N) is 1. The van der Waals surface area contributed by atoms with Gasteiger partial charge >= 0.3 is 0 Å². The van der Waals surface area contributed by atoms with E-state index in [1.807, 2.05) is 32.9 Å². The Morgan fingerprint density at radius 3 is 2.30 bits per heavy atom. The van der Waals surface area contributed by atoms with Crippen LogP contribution in [0.1, 0.15) is 57.1 Å². The summed E-state index contributed by atoms with van der Waals surface area (Å²) >= 11 is 6.25. The Kier molecular flexibility index (Phi) is 8.05. The molecule has 1 N–H and O–H groups in total. The predicted molar refractivity (Wildman–Crippen MR) is 124 cm³/mol. The molecule has 30 heavy (non-hydrogen) atoms. The molecule has 1 aliphatic heterocycles. The lowest BCUT2D eigenvalue weighted by atomic mass is 9.79. The van der Waals surface area contributed by atoms with Gasteiger partial charge in [-0.1, -0.05) is 37.8 Å². The van der Waals surface area contributed by atoms with Gasteiger partial charge in [0.1, 0.15) is 5.75 Å². The number of carbonyl (C=O) groups is 1. The van der Waals surface area contributed by atoms with E-state index in [4.69, 9.17) is 16.3 Å². The van der Waals surface area contributed by atoms with Gasteiger partial charge in [0.15, 0.2) is 6.10 Å². The maximum Gasteiger partial charge on any atom is 0.260 e. The van der Waals surface area contributed by atoms with E-state index in [1.165, 1.54) is 32.1 Å². The fourth-order valence-corrected chi connectivity index (χ4v) is 5.09. The minimum absolute atomic E-state index is 0.0441. The molecule has 1 saturated carbocycles. The van der Waals surface area contributed by atoms with Crippen molar-refractivity contribution >= 4 is 17.5 Å². The van der Waals surface area contributed by atoms with Crippen LogP contribution in [0.25, 0.3) is 0 Å². The van der Waals surface area contributed by atoms with Gasteiger partial charge < -0.3 is 15.0 Å². The van der Waals surface area contributed by atoms with E-state index < -0.39 is 6.10 Å². The number of benzene rings is 1. The smallest absolute Gasteiger partial charge is 0.260 e. The summed E-state index contributed by atoms with van der Waals surface area (Å²) in [4.78, 5) is 18.0. The molecule has 0 spiro atoms. The molecule has 0 aromatic heterocycles. The van der Waals surface area contributed by atoms with E-state index in [-0.39, 0.29) is 11.4 Å². The molecule has 0 bridgehead atoms. The van der Waals surface area contributed by atoms with Crippen molar-refractivity contribution < 1.29 is 9.53 Å². The lowest BCUT2D eigenvalue weighted by molar-refractivity contribution is -0.128. The molecule has 3 rings (SSSR count). The number of hydrogen-bond acceptors (Lipinski definition) is 4. The predicted octanol–water partition coefficient (Wildman–Crippen LogP) is 4.18. The maximum atomic E-state index is 12.9. The van der Waals surface area contributed by atoms with Crippen LogP contribution in [-0.4, -0.2) is 66.6 Å². The van der Waals surface area contributed by atoms with Crippen LogP contribution in [0.4, 0.5) is 0 Å². The molecule has 1 saturated heterocycles. The van der Waals surface area contributed by atoms with Crippen molar-refractivity contribution in [1.29, 1.82) is 0 Å². The van der Waals surface area contributed by atoms with Crippen molar-refractivity contribution in [3.05, 3.63) is 28.3 Å². The normalized spacial score (nSPS) is 21.2. The third kappa shape index (κ3) is 5.49. The van der Waals surface area contributed by atoms with Gasteiger partial charge in [0.05, 0.1) is 0 Å². The van der Waals surface area contributed by atoms with Gasteiger partial charge in [0.25, 0.3) is 5.91 Å². The zero-order chi connectivity index (χ0) is 21.7. The van der Waals surface area contributed by atoms with Gasteiger partial charge in [-0.2, -0.15) is 0 Å². The summed E-state index contributed by atoms with van der Waals surface area (Å²) in [5.74, 6) is 0.650. The monoisotopic (exact) mass is 435 g/mol. The number of nitrogens with zero attached hydrogens (tertiary/aromatic N) is 2. The highest BCUT2D eigenvalue weighted by Crippen LogP contribution is 2.34. The Balaban J connectivity index is 1.60. The molecular formula is C24H38ClN3O2. The van der Waals surface area contributed by atoms with Crippen molar-refractivity contribution in [3.8, 4) is 5.75 Å². The largest absolute Gasteiger partial charge is 0.481 e. The number of halogens is 1. The van der Waals surface area contributed by atoms with Crippen LogP contribution in [0.2, 0.25) is 5.02 Å². The van der Waals surface area contributed by atoms with Gasteiger partial charge in [-0.05, 0) is 63.4 Å². The van der Waals surface area contributed by atoms with Crippen LogP contribution in [0.3, 0.4) is 0 Å². The molecule has 1 aromatic rings. The van der Waals surface area contributed by atoms with Crippen LogP contribution in [0, 0.1) is 13.8 Å². The third-order valence-corrected chi connectivity index (χ3v) is 7.55. The first kappa shape index (κ1) is 23.4. The van der Waals surface area contributed by atoms with Crippen LogP contribution < -0.4 is 10.1 Å². The Morgan fingerprint density at radius 1 is 1.13 bits per heavy atom. The van der Waals surface area contributed by atoms with Crippen LogP contribution in [0.5, 0.6) is 5.75 Å². The van der Waals surface area contributed by atoms with Gasteiger partial charge in [-0.15, -0.1) is 0 Å². The highest BCUT2D eigenvalue weighted by molar-refractivity contribution is 6.32. The standard InChI is InChI=1S/C24H38ClN3O2/c1-5-27-11-13-28(14-12-27)24(9-7-6-8-10-24)17-26-23(29)20(4)30-21-15-18(2)22(25)19(3)16-21/h15-16,20H,5-14,17H2,1-4H3,(H,26,29)/t20-/m0/s1. The molecule has 1 aliphatic carbocycles. The molecule has 1 amide bonds. The average molecular weight is 436 g/mol. The second kappa shape index (κ2) is 10.3. The van der Waals surface area contributed by atoms with Crippen LogP contribution in [-0.2, 0) is 4.79 Å². The third-order valence-electron chi connectivity index (χ3n) is 6.96. The second-order valence-electron chi connectivity index (χ2n) is 9.06. The molecule has 1 atom stereocenters. The molecule has 0 radical (unpaired) electrons. The Bertz CT molecular complexity index is 702. The lowest BCUT2D eigenvalue weighted by Crippen LogP contribution is -2.62.